The Balaban J connectivity index is 1.50. The maximum absolute atomic E-state index is 15.2. The molecule has 3 atom stereocenters. The van der Waals surface area contributed by atoms with E-state index < -0.39 is 31.6 Å². The van der Waals surface area contributed by atoms with E-state index in [9.17, 15) is 14.2 Å². The quantitative estimate of drug-likeness (QED) is 0.617. The fourth-order valence-corrected chi connectivity index (χ4v) is 6.79. The number of amides is 2. The molecule has 0 saturated carbocycles. The van der Waals surface area contributed by atoms with Gasteiger partial charge in [0, 0.05) is 19.1 Å². The Hall–Kier alpha value is -2.27. The maximum Gasteiger partial charge on any atom is 0.531 e. The number of hydrogen-bond acceptors (Lipinski definition) is 7. The Morgan fingerprint density at radius 3 is 2.50 bits per heavy atom. The van der Waals surface area contributed by atoms with Gasteiger partial charge in [-0.05, 0) is 13.3 Å². The van der Waals surface area contributed by atoms with Crippen LogP contribution in [0.15, 0.2) is 12.1 Å². The summed E-state index contributed by atoms with van der Waals surface area (Å²) in [5.41, 5.74) is -0.165. The van der Waals surface area contributed by atoms with Gasteiger partial charge in [-0.2, -0.15) is 0 Å². The summed E-state index contributed by atoms with van der Waals surface area (Å²) in [6.45, 7) is 4.93. The van der Waals surface area contributed by atoms with Gasteiger partial charge in [-0.25, -0.2) is 22.4 Å². The Kier molecular flexibility index (Phi) is 6.87. The zero-order chi connectivity index (χ0) is 24.7. The highest BCUT2D eigenvalue weighted by Gasteiger charge is 2.53. The second-order valence-corrected chi connectivity index (χ2v) is 11.5. The van der Waals surface area contributed by atoms with Crippen LogP contribution in [0.25, 0.3) is 0 Å². The second-order valence-electron chi connectivity index (χ2n) is 9.09. The topological polar surface area (TPSA) is 97.4 Å². The lowest BCUT2D eigenvalue weighted by molar-refractivity contribution is -0.807. The third-order valence-corrected chi connectivity index (χ3v) is 9.02. The van der Waals surface area contributed by atoms with E-state index in [1.54, 1.807) is 11.9 Å². The van der Waals surface area contributed by atoms with Crippen LogP contribution in [0.2, 0.25) is 0 Å². The van der Waals surface area contributed by atoms with Gasteiger partial charge in [0.05, 0.1) is 51.6 Å². The molecule has 4 rings (SSSR count). The molecule has 3 heterocycles. The van der Waals surface area contributed by atoms with E-state index in [1.807, 2.05) is 6.92 Å². The lowest BCUT2D eigenvalue weighted by Crippen LogP contribution is -2.60. The van der Waals surface area contributed by atoms with Crippen molar-refractivity contribution in [2.24, 2.45) is 0 Å². The van der Waals surface area contributed by atoms with Gasteiger partial charge in [-0.3, -0.25) is 18.7 Å². The van der Waals surface area contributed by atoms with Crippen LogP contribution in [0.3, 0.4) is 0 Å². The fourth-order valence-electron chi connectivity index (χ4n) is 4.67. The number of nitrogens with zero attached hydrogens (tertiary/aromatic N) is 3. The van der Waals surface area contributed by atoms with Crippen molar-refractivity contribution in [2.75, 3.05) is 62.8 Å². The molecule has 3 aliphatic rings. The van der Waals surface area contributed by atoms with Crippen molar-refractivity contribution in [1.82, 2.24) is 5.32 Å². The highest BCUT2D eigenvalue weighted by Crippen LogP contribution is 2.59. The molecule has 0 radical (unpaired) electrons. The number of cyclic esters (lactones) is 1. The monoisotopic (exact) mass is 503 g/mol. The van der Waals surface area contributed by atoms with Gasteiger partial charge in [0.15, 0.2) is 11.6 Å². The van der Waals surface area contributed by atoms with E-state index in [0.717, 1.165) is 17.0 Å². The number of benzene rings is 1. The third-order valence-electron chi connectivity index (χ3n) is 6.45. The van der Waals surface area contributed by atoms with Gasteiger partial charge in [0.2, 0.25) is 5.91 Å². The standard InChI is InChI=1S/C21H29F2N4O6P/c1-14-13-27(3,34(30)31-7-4-8-32-34)6-5-25(14)20-18(22)9-16(10-19(20)23)26-12-17(33-21(26)29)11-24-15(2)28/h9-10,14,17H,4-8,11-13H2,1-3H3/p+1. The lowest BCUT2D eigenvalue weighted by Gasteiger charge is -2.48. The zero-order valence-electron chi connectivity index (χ0n) is 19.5. The van der Waals surface area contributed by atoms with E-state index in [2.05, 4.69) is 5.32 Å². The molecule has 1 N–H and O–H groups in total. The largest absolute Gasteiger partial charge is 0.531 e. The molecule has 0 aliphatic carbocycles. The van der Waals surface area contributed by atoms with Gasteiger partial charge < -0.3 is 15.0 Å². The molecule has 0 aromatic heterocycles. The number of anilines is 2. The highest BCUT2D eigenvalue weighted by atomic mass is 31.2. The van der Waals surface area contributed by atoms with Crippen molar-refractivity contribution in [3.63, 3.8) is 0 Å². The SMILES string of the molecule is CC(=O)NCC1CN(c2cc(F)c(N3CC[N+](C)(P4(=O)OCCCO4)CC3C)c(F)c2)C(=O)O1. The lowest BCUT2D eigenvalue weighted by atomic mass is 10.1. The zero-order valence-corrected chi connectivity index (χ0v) is 20.4. The summed E-state index contributed by atoms with van der Waals surface area (Å²) < 4.78 is 59.9. The molecule has 1 aromatic carbocycles. The van der Waals surface area contributed by atoms with Crippen LogP contribution in [-0.2, 0) is 23.1 Å². The highest BCUT2D eigenvalue weighted by molar-refractivity contribution is 7.47. The Bertz CT molecular complexity index is 996. The molecule has 3 aliphatic heterocycles. The van der Waals surface area contributed by atoms with Crippen LogP contribution < -0.4 is 15.1 Å². The number of nitrogens with one attached hydrogen (secondary N) is 1. The first-order valence-corrected chi connectivity index (χ1v) is 12.7. The van der Waals surface area contributed by atoms with Gasteiger partial charge in [0.25, 0.3) is 0 Å². The summed E-state index contributed by atoms with van der Waals surface area (Å²) in [4.78, 5) is 26.1. The van der Waals surface area contributed by atoms with Crippen LogP contribution >= 0.6 is 7.75 Å². The van der Waals surface area contributed by atoms with Crippen LogP contribution in [0.4, 0.5) is 25.0 Å². The first-order valence-electron chi connectivity index (χ1n) is 11.3. The number of piperazine rings is 1. The summed E-state index contributed by atoms with van der Waals surface area (Å²) in [6, 6.07) is 1.85. The summed E-state index contributed by atoms with van der Waals surface area (Å²) in [7, 11) is -1.60. The summed E-state index contributed by atoms with van der Waals surface area (Å²) in [6.07, 6.45) is -0.683. The number of likely N-dealkylation sites (N-methyl/N-ethyl adjacent to an activating group) is 1. The van der Waals surface area contributed by atoms with E-state index in [-0.39, 0.29) is 47.2 Å². The van der Waals surface area contributed by atoms with Gasteiger partial charge in [0.1, 0.15) is 24.9 Å². The molecule has 188 valence electrons. The normalized spacial score (nSPS) is 29.1. The molecule has 0 spiro atoms. The Morgan fingerprint density at radius 1 is 1.26 bits per heavy atom. The molecule has 0 bridgehead atoms. The van der Waals surface area contributed by atoms with Gasteiger partial charge >= 0.3 is 13.8 Å². The van der Waals surface area contributed by atoms with E-state index in [1.165, 1.54) is 6.92 Å². The molecule has 3 unspecified atom stereocenters. The van der Waals surface area contributed by atoms with E-state index in [0.29, 0.717) is 32.7 Å². The van der Waals surface area contributed by atoms with Crippen LogP contribution in [0, 0.1) is 11.6 Å². The first kappa shape index (κ1) is 24.8. The van der Waals surface area contributed by atoms with Gasteiger partial charge in [-0.15, -0.1) is 0 Å². The smallest absolute Gasteiger partial charge is 0.442 e. The van der Waals surface area contributed by atoms with Crippen LogP contribution in [-0.4, -0.2) is 81.4 Å². The number of halogens is 2. The fraction of sp³-hybridized carbons (Fsp3) is 0.619. The number of rotatable bonds is 5. The predicted molar refractivity (Wildman–Crippen MR) is 120 cm³/mol. The number of carbonyl (C=O) groups excluding carboxylic acids is 2. The molecule has 2 amide bonds. The average molecular weight is 503 g/mol. The van der Waals surface area contributed by atoms with Crippen molar-refractivity contribution in [2.45, 2.75) is 32.4 Å². The van der Waals surface area contributed by atoms with Crippen LogP contribution in [0.1, 0.15) is 20.3 Å². The summed E-state index contributed by atoms with van der Waals surface area (Å²) >= 11 is 0. The molecule has 1 aromatic rings. The number of hydrogen-bond donors (Lipinski definition) is 1. The molecular weight excluding hydrogens is 473 g/mol. The van der Waals surface area contributed by atoms with Crippen molar-refractivity contribution < 1.29 is 41.0 Å². The molecule has 10 nitrogen and oxygen atoms in total. The number of ether oxygens (including phenoxy) is 1. The molecule has 3 saturated heterocycles. The molecule has 3 fully saturated rings. The predicted octanol–water partition coefficient (Wildman–Crippen LogP) is 2.63. The van der Waals surface area contributed by atoms with Crippen molar-refractivity contribution >= 4 is 31.1 Å². The second kappa shape index (κ2) is 9.41. The van der Waals surface area contributed by atoms with Crippen molar-refractivity contribution in [1.29, 1.82) is 0 Å². The minimum absolute atomic E-state index is 0.0350. The number of carbonyl (C=O) groups is 2. The van der Waals surface area contributed by atoms with Crippen molar-refractivity contribution in [3.8, 4) is 0 Å². The van der Waals surface area contributed by atoms with E-state index >= 15 is 8.78 Å². The third kappa shape index (κ3) is 4.64. The van der Waals surface area contributed by atoms with Crippen molar-refractivity contribution in [3.05, 3.63) is 23.8 Å². The Labute approximate surface area is 196 Å². The van der Waals surface area contributed by atoms with Gasteiger partial charge in [-0.1, -0.05) is 0 Å². The molecule has 34 heavy (non-hydrogen) atoms. The first-order chi connectivity index (χ1) is 16.0. The Morgan fingerprint density at radius 2 is 1.91 bits per heavy atom. The number of quaternary nitrogens is 1. The average Bonchev–Trinajstić information content (AvgIpc) is 3.14. The van der Waals surface area contributed by atoms with E-state index in [4.69, 9.17) is 13.8 Å². The molecular formula is C21H30F2N4O6P+. The molecule has 13 heteroatoms. The summed E-state index contributed by atoms with van der Waals surface area (Å²) in [5, 5.41) is 2.56. The maximum atomic E-state index is 15.2. The summed E-state index contributed by atoms with van der Waals surface area (Å²) in [5.74, 6) is -1.89. The van der Waals surface area contributed by atoms with Crippen LogP contribution in [0.5, 0.6) is 0 Å². The minimum atomic E-state index is -3.39. The minimum Gasteiger partial charge on any atom is -0.442 e.